The molecule has 1 fully saturated rings. The second-order valence-electron chi connectivity index (χ2n) is 4.96. The molecule has 0 aliphatic carbocycles. The average molecular weight is 233 g/mol. The Kier molecular flexibility index (Phi) is 3.07. The number of hydrogen-bond acceptors (Lipinski definition) is 2. The van der Waals surface area contributed by atoms with Crippen molar-refractivity contribution >= 4 is 11.7 Å². The highest BCUT2D eigenvalue weighted by atomic mass is 16.2. The van der Waals surface area contributed by atoms with Crippen LogP contribution in [0.5, 0.6) is 0 Å². The Bertz CT molecular complexity index is 428. The normalized spacial score (nSPS) is 19.0. The molecule has 1 saturated heterocycles. The Labute approximate surface area is 102 Å². The van der Waals surface area contributed by atoms with E-state index >= 15 is 0 Å². The standard InChI is InChI=1S/C13H19N3O/c1-13(2)7-8-15-12(17)16(13)11-6-4-3-5-10(11)9-14/h3-6H,7-9,14H2,1-2H3,(H,15,17). The molecule has 2 rings (SSSR count). The van der Waals surface area contributed by atoms with E-state index in [0.29, 0.717) is 6.54 Å². The van der Waals surface area contributed by atoms with Crippen molar-refractivity contribution in [2.45, 2.75) is 32.4 Å². The number of carbonyl (C=O) groups is 1. The van der Waals surface area contributed by atoms with Crippen LogP contribution in [0.25, 0.3) is 0 Å². The molecule has 1 heterocycles. The molecule has 17 heavy (non-hydrogen) atoms. The summed E-state index contributed by atoms with van der Waals surface area (Å²) in [6.07, 6.45) is 0.928. The van der Waals surface area contributed by atoms with Gasteiger partial charge >= 0.3 is 6.03 Å². The van der Waals surface area contributed by atoms with E-state index in [1.165, 1.54) is 0 Å². The fourth-order valence-corrected chi connectivity index (χ4v) is 2.28. The van der Waals surface area contributed by atoms with Gasteiger partial charge in [-0.25, -0.2) is 4.79 Å². The minimum Gasteiger partial charge on any atom is -0.338 e. The first-order valence-corrected chi connectivity index (χ1v) is 5.92. The Balaban J connectivity index is 2.45. The fraction of sp³-hybridized carbons (Fsp3) is 0.462. The van der Waals surface area contributed by atoms with Crippen molar-refractivity contribution in [3.63, 3.8) is 0 Å². The summed E-state index contributed by atoms with van der Waals surface area (Å²) in [5, 5.41) is 2.88. The summed E-state index contributed by atoms with van der Waals surface area (Å²) in [5.74, 6) is 0. The molecule has 1 aliphatic heterocycles. The van der Waals surface area contributed by atoms with Crippen LogP contribution in [0.15, 0.2) is 24.3 Å². The van der Waals surface area contributed by atoms with Crippen molar-refractivity contribution in [3.8, 4) is 0 Å². The third-order valence-corrected chi connectivity index (χ3v) is 3.27. The van der Waals surface area contributed by atoms with Crippen LogP contribution in [-0.4, -0.2) is 18.1 Å². The molecule has 0 saturated carbocycles. The van der Waals surface area contributed by atoms with Crippen LogP contribution in [0.4, 0.5) is 10.5 Å². The number of amides is 2. The maximum atomic E-state index is 12.1. The summed E-state index contributed by atoms with van der Waals surface area (Å²) < 4.78 is 0. The first-order valence-electron chi connectivity index (χ1n) is 5.92. The van der Waals surface area contributed by atoms with Gasteiger partial charge in [0.05, 0.1) is 5.69 Å². The number of nitrogens with two attached hydrogens (primary N) is 1. The third kappa shape index (κ3) is 2.13. The summed E-state index contributed by atoms with van der Waals surface area (Å²) >= 11 is 0. The molecule has 92 valence electrons. The Morgan fingerprint density at radius 2 is 2.12 bits per heavy atom. The molecule has 0 aromatic heterocycles. The number of para-hydroxylation sites is 1. The van der Waals surface area contributed by atoms with Gasteiger partial charge in [-0.05, 0) is 31.9 Å². The monoisotopic (exact) mass is 233 g/mol. The zero-order valence-corrected chi connectivity index (χ0v) is 10.4. The van der Waals surface area contributed by atoms with E-state index in [1.54, 1.807) is 0 Å². The van der Waals surface area contributed by atoms with Crippen molar-refractivity contribution in [3.05, 3.63) is 29.8 Å². The Morgan fingerprint density at radius 3 is 2.76 bits per heavy atom. The Morgan fingerprint density at radius 1 is 1.41 bits per heavy atom. The zero-order valence-electron chi connectivity index (χ0n) is 10.4. The molecule has 0 bridgehead atoms. The Hall–Kier alpha value is -1.55. The number of rotatable bonds is 2. The van der Waals surface area contributed by atoms with Gasteiger partial charge in [-0.3, -0.25) is 4.90 Å². The number of carbonyl (C=O) groups excluding carboxylic acids is 1. The lowest BCUT2D eigenvalue weighted by Gasteiger charge is -2.43. The molecule has 0 unspecified atom stereocenters. The predicted octanol–water partition coefficient (Wildman–Crippen LogP) is 1.84. The van der Waals surface area contributed by atoms with Crippen LogP contribution in [0.1, 0.15) is 25.8 Å². The highest BCUT2D eigenvalue weighted by Gasteiger charge is 2.36. The van der Waals surface area contributed by atoms with Gasteiger partial charge in [0.15, 0.2) is 0 Å². The molecule has 0 spiro atoms. The lowest BCUT2D eigenvalue weighted by atomic mass is 9.94. The highest BCUT2D eigenvalue weighted by Crippen LogP contribution is 2.31. The smallest absolute Gasteiger partial charge is 0.322 e. The highest BCUT2D eigenvalue weighted by molar-refractivity contribution is 5.95. The first kappa shape index (κ1) is 11.9. The van der Waals surface area contributed by atoms with Crippen molar-refractivity contribution in [2.75, 3.05) is 11.4 Å². The topological polar surface area (TPSA) is 58.4 Å². The van der Waals surface area contributed by atoms with Gasteiger partial charge in [-0.2, -0.15) is 0 Å². The van der Waals surface area contributed by atoms with Crippen LogP contribution < -0.4 is 16.0 Å². The number of anilines is 1. The van der Waals surface area contributed by atoms with Gasteiger partial charge in [0, 0.05) is 18.6 Å². The second-order valence-corrected chi connectivity index (χ2v) is 4.96. The predicted molar refractivity (Wildman–Crippen MR) is 68.9 cm³/mol. The largest absolute Gasteiger partial charge is 0.338 e. The average Bonchev–Trinajstić information content (AvgIpc) is 2.28. The second kappa shape index (κ2) is 4.37. The molecule has 1 aliphatic rings. The quantitative estimate of drug-likeness (QED) is 0.819. The van der Waals surface area contributed by atoms with Crippen LogP contribution in [-0.2, 0) is 6.54 Å². The van der Waals surface area contributed by atoms with Crippen LogP contribution >= 0.6 is 0 Å². The van der Waals surface area contributed by atoms with Gasteiger partial charge in [0.2, 0.25) is 0 Å². The molecular weight excluding hydrogens is 214 g/mol. The van der Waals surface area contributed by atoms with E-state index in [9.17, 15) is 4.79 Å². The summed E-state index contributed by atoms with van der Waals surface area (Å²) in [4.78, 5) is 13.9. The summed E-state index contributed by atoms with van der Waals surface area (Å²) in [6, 6.07) is 7.76. The number of nitrogens with zero attached hydrogens (tertiary/aromatic N) is 1. The van der Waals surface area contributed by atoms with Crippen molar-refractivity contribution in [1.29, 1.82) is 0 Å². The SMILES string of the molecule is CC1(C)CCNC(=O)N1c1ccccc1CN. The third-order valence-electron chi connectivity index (χ3n) is 3.27. The molecule has 0 radical (unpaired) electrons. The molecule has 3 N–H and O–H groups in total. The van der Waals surface area contributed by atoms with E-state index in [0.717, 1.165) is 24.2 Å². The molecular formula is C13H19N3O. The van der Waals surface area contributed by atoms with Gasteiger partial charge in [-0.1, -0.05) is 18.2 Å². The van der Waals surface area contributed by atoms with Gasteiger partial charge in [-0.15, -0.1) is 0 Å². The minimum atomic E-state index is -0.173. The van der Waals surface area contributed by atoms with Crippen LogP contribution in [0.3, 0.4) is 0 Å². The van der Waals surface area contributed by atoms with Crippen LogP contribution in [0, 0.1) is 0 Å². The summed E-state index contributed by atoms with van der Waals surface area (Å²) in [7, 11) is 0. The van der Waals surface area contributed by atoms with Crippen molar-refractivity contribution in [2.24, 2.45) is 5.73 Å². The number of urea groups is 1. The number of nitrogens with one attached hydrogen (secondary N) is 1. The van der Waals surface area contributed by atoms with Crippen LogP contribution in [0.2, 0.25) is 0 Å². The van der Waals surface area contributed by atoms with E-state index in [4.69, 9.17) is 5.73 Å². The zero-order chi connectivity index (χ0) is 12.5. The van der Waals surface area contributed by atoms with Gasteiger partial charge in [0.1, 0.15) is 0 Å². The number of benzene rings is 1. The van der Waals surface area contributed by atoms with E-state index < -0.39 is 0 Å². The number of hydrogen-bond donors (Lipinski definition) is 2. The van der Waals surface area contributed by atoms with Gasteiger partial charge in [0.25, 0.3) is 0 Å². The molecule has 4 nitrogen and oxygen atoms in total. The lowest BCUT2D eigenvalue weighted by molar-refractivity contribution is 0.229. The maximum absolute atomic E-state index is 12.1. The van der Waals surface area contributed by atoms with E-state index in [1.807, 2.05) is 29.2 Å². The molecule has 4 heteroatoms. The van der Waals surface area contributed by atoms with E-state index in [-0.39, 0.29) is 11.6 Å². The minimum absolute atomic E-state index is 0.0397. The molecule has 0 atom stereocenters. The molecule has 1 aromatic carbocycles. The maximum Gasteiger partial charge on any atom is 0.322 e. The van der Waals surface area contributed by atoms with E-state index in [2.05, 4.69) is 19.2 Å². The summed E-state index contributed by atoms with van der Waals surface area (Å²) in [6.45, 7) is 5.33. The van der Waals surface area contributed by atoms with Crippen molar-refractivity contribution in [1.82, 2.24) is 5.32 Å². The lowest BCUT2D eigenvalue weighted by Crippen LogP contribution is -2.58. The summed E-state index contributed by atoms with van der Waals surface area (Å²) in [5.41, 5.74) is 7.47. The van der Waals surface area contributed by atoms with Gasteiger partial charge < -0.3 is 11.1 Å². The molecule has 2 amide bonds. The fourth-order valence-electron chi connectivity index (χ4n) is 2.28. The first-order chi connectivity index (χ1) is 8.06. The van der Waals surface area contributed by atoms with Crippen molar-refractivity contribution < 1.29 is 4.79 Å². The molecule has 1 aromatic rings.